The van der Waals surface area contributed by atoms with Crippen LogP contribution in [0.15, 0.2) is 154 Å². The Hall–Kier alpha value is -7.77. The summed E-state index contributed by atoms with van der Waals surface area (Å²) in [4.78, 5) is 53.4. The van der Waals surface area contributed by atoms with Crippen molar-refractivity contribution in [3.05, 3.63) is 176 Å². The van der Waals surface area contributed by atoms with E-state index in [0.29, 0.717) is 30.6 Å². The third-order valence-electron chi connectivity index (χ3n) is 15.5. The SMILES string of the molecule is CCC(CC(CC(C)c1cc[n+](CCCCCC(=O)[O-])cc1)c1ccncc1)c1cc[n+](CCCCCC(=O)NCCCCCCn2ccnc2-c2cccc(C)n2)cc1.Cn1ccnc1-c1nccn1C.Cn1ccnc1-c1nccn1C.[Os]. The predicted molar refractivity (Wildman–Crippen MR) is 325 cm³/mol. The summed E-state index contributed by atoms with van der Waals surface area (Å²) in [5.74, 6) is 4.95. The third-order valence-corrected chi connectivity index (χ3v) is 15.5. The Bertz CT molecular complexity index is 3180. The van der Waals surface area contributed by atoms with Gasteiger partial charge in [0.25, 0.3) is 0 Å². The van der Waals surface area contributed by atoms with E-state index in [0.717, 1.165) is 144 Å². The number of carboxylic acids is 1. The van der Waals surface area contributed by atoms with Crippen LogP contribution in [0, 0.1) is 6.92 Å². The van der Waals surface area contributed by atoms with Crippen LogP contribution in [0.4, 0.5) is 0 Å². The van der Waals surface area contributed by atoms with E-state index in [1.807, 2.05) is 121 Å². The van der Waals surface area contributed by atoms with Gasteiger partial charge in [0.2, 0.25) is 5.91 Å². The van der Waals surface area contributed by atoms with Crippen molar-refractivity contribution in [1.82, 2.24) is 63.0 Å². The molecule has 1 N–H and O–H groups in total. The van der Waals surface area contributed by atoms with Crippen LogP contribution in [0.25, 0.3) is 34.8 Å². The monoisotopic (exact) mass is 1330 g/mol. The van der Waals surface area contributed by atoms with E-state index in [1.54, 1.807) is 24.8 Å². The Morgan fingerprint density at radius 2 is 1.02 bits per heavy atom. The zero-order chi connectivity index (χ0) is 59.5. The van der Waals surface area contributed by atoms with Crippen LogP contribution in [-0.4, -0.2) is 76.1 Å². The van der Waals surface area contributed by atoms with E-state index in [2.05, 4.69) is 129 Å². The molecule has 19 heteroatoms. The number of carbonyl (C=O) groups excluding carboxylic acids is 2. The molecule has 1 amide bonds. The van der Waals surface area contributed by atoms with Gasteiger partial charge in [0.1, 0.15) is 18.8 Å². The fourth-order valence-electron chi connectivity index (χ4n) is 10.6. The molecule has 0 aromatic carbocycles. The maximum atomic E-state index is 12.5. The first kappa shape index (κ1) is 66.4. The zero-order valence-electron chi connectivity index (χ0n) is 50.9. The van der Waals surface area contributed by atoms with Gasteiger partial charge in [-0.25, -0.2) is 39.0 Å². The van der Waals surface area contributed by atoms with Crippen LogP contribution >= 0.6 is 0 Å². The van der Waals surface area contributed by atoms with Crippen LogP contribution in [0.2, 0.25) is 0 Å². The number of hydrogen-bond donors (Lipinski definition) is 1. The summed E-state index contributed by atoms with van der Waals surface area (Å²) in [6.07, 6.45) is 45.0. The van der Waals surface area contributed by atoms with Gasteiger partial charge in [-0.05, 0) is 130 Å². The van der Waals surface area contributed by atoms with Crippen LogP contribution in [0.1, 0.15) is 150 Å². The molecule has 0 bridgehead atoms. The first-order chi connectivity index (χ1) is 40.9. The fraction of sp³-hybridized carbons (Fsp3) is 0.439. The summed E-state index contributed by atoms with van der Waals surface area (Å²) in [6.45, 7) is 10.2. The number of amides is 1. The maximum absolute atomic E-state index is 12.5. The average Bonchev–Trinajstić information content (AvgIpc) is 4.61. The Kier molecular flexibility index (Phi) is 27.7. The topological polar surface area (TPSA) is 192 Å². The molecular weight excluding hydrogens is 1240 g/mol. The van der Waals surface area contributed by atoms with Crippen LogP contribution in [0.3, 0.4) is 0 Å². The number of imidazole rings is 5. The van der Waals surface area contributed by atoms with Gasteiger partial charge in [0, 0.05) is 191 Å². The Morgan fingerprint density at radius 1 is 0.541 bits per heavy atom. The molecule has 9 aromatic rings. The fourth-order valence-corrected chi connectivity index (χ4v) is 10.6. The van der Waals surface area contributed by atoms with Crippen molar-refractivity contribution >= 4 is 11.9 Å². The van der Waals surface area contributed by atoms with Gasteiger partial charge >= 0.3 is 0 Å². The molecule has 9 rings (SSSR count). The minimum absolute atomic E-state index is 0. The summed E-state index contributed by atoms with van der Waals surface area (Å²) in [5.41, 5.74) is 5.99. The van der Waals surface area contributed by atoms with Gasteiger partial charge in [-0.15, -0.1) is 0 Å². The van der Waals surface area contributed by atoms with Crippen molar-refractivity contribution in [2.45, 2.75) is 154 Å². The summed E-state index contributed by atoms with van der Waals surface area (Å²) in [6, 6.07) is 19.5. The van der Waals surface area contributed by atoms with Gasteiger partial charge < -0.3 is 38.1 Å². The van der Waals surface area contributed by atoms with Crippen LogP contribution in [0.5, 0.6) is 0 Å². The van der Waals surface area contributed by atoms with Gasteiger partial charge in [-0.2, -0.15) is 0 Å². The number of pyridine rings is 4. The second kappa shape index (κ2) is 35.5. The molecule has 18 nitrogen and oxygen atoms in total. The summed E-state index contributed by atoms with van der Waals surface area (Å²) in [5, 5.41) is 13.8. The van der Waals surface area contributed by atoms with Crippen molar-refractivity contribution in [2.75, 3.05) is 6.54 Å². The number of nitrogens with one attached hydrogen (secondary N) is 1. The number of hydrogen-bond acceptors (Lipinski definition) is 10. The third kappa shape index (κ3) is 21.4. The predicted octanol–water partition coefficient (Wildman–Crippen LogP) is 9.97. The van der Waals surface area contributed by atoms with E-state index < -0.39 is 5.97 Å². The number of unbranched alkanes of at least 4 members (excludes halogenated alkanes) is 7. The second-order valence-corrected chi connectivity index (χ2v) is 22.0. The van der Waals surface area contributed by atoms with E-state index in [1.165, 1.54) is 16.7 Å². The minimum atomic E-state index is -0.964. The molecular formula is C66H88N15O3Os+. The number of rotatable bonds is 30. The largest absolute Gasteiger partial charge is 0.550 e. The molecule has 0 aliphatic heterocycles. The Morgan fingerprint density at radius 3 is 1.53 bits per heavy atom. The first-order valence-electron chi connectivity index (χ1n) is 30.1. The standard InChI is InChI=1S/C50H67N7O3.2C8H10N4.Os/c1-4-42(39-46(44-20-27-51-28-21-44)38-40(2)43-22-33-55(34-23-43)31-13-8-10-19-49(59)60)45-24-35-56(36-25-45)30-12-7-9-18-48(58)52-26-11-5-6-14-32-57-37-29-53-50(57)47-17-15-16-41(3)54-47;2*1-11-5-3-9-7(11)8-10-4-6-12(8)2;/h15-17,20-25,27-29,33-37,40,42,46H,4-14,18-19,26,30-32,38-39H2,1-3H3;2*3-6H,1-2H3;/p+1. The minimum Gasteiger partial charge on any atom is -0.550 e. The van der Waals surface area contributed by atoms with E-state index >= 15 is 0 Å². The van der Waals surface area contributed by atoms with E-state index in [-0.39, 0.29) is 32.1 Å². The molecule has 9 heterocycles. The van der Waals surface area contributed by atoms with E-state index in [9.17, 15) is 14.7 Å². The number of nitrogens with zero attached hydrogens (tertiary/aromatic N) is 14. The number of aryl methyl sites for hydroxylation is 8. The molecule has 0 saturated carbocycles. The Balaban J connectivity index is 0.000000375. The van der Waals surface area contributed by atoms with Crippen LogP contribution < -0.4 is 19.6 Å². The smallest absolute Gasteiger partial charge is 0.219 e. The van der Waals surface area contributed by atoms with Crippen LogP contribution in [-0.2, 0) is 77.2 Å². The molecule has 3 atom stereocenters. The van der Waals surface area contributed by atoms with Crippen molar-refractivity contribution < 1.29 is 43.6 Å². The number of carboxylic acid groups (broad SMARTS) is 1. The molecule has 85 heavy (non-hydrogen) atoms. The summed E-state index contributed by atoms with van der Waals surface area (Å²) < 4.78 is 14.4. The number of aliphatic carboxylic acids is 1. The van der Waals surface area contributed by atoms with Gasteiger partial charge in [0.05, 0.1) is 0 Å². The molecule has 0 aliphatic rings. The maximum Gasteiger partial charge on any atom is 0.219 e. The van der Waals surface area contributed by atoms with Crippen molar-refractivity contribution in [3.63, 3.8) is 0 Å². The van der Waals surface area contributed by atoms with Crippen molar-refractivity contribution in [1.29, 1.82) is 0 Å². The second-order valence-electron chi connectivity index (χ2n) is 22.0. The molecule has 9 aromatic heterocycles. The quantitative estimate of drug-likeness (QED) is 0.0335. The molecule has 0 fully saturated rings. The molecule has 3 unspecified atom stereocenters. The zero-order valence-corrected chi connectivity index (χ0v) is 53.5. The number of carbonyl (C=O) groups is 2. The molecule has 0 saturated heterocycles. The van der Waals surface area contributed by atoms with Gasteiger partial charge in [-0.1, -0.05) is 32.8 Å². The van der Waals surface area contributed by atoms with Gasteiger partial charge in [0.15, 0.2) is 53.9 Å². The van der Waals surface area contributed by atoms with Crippen molar-refractivity contribution in [3.8, 4) is 34.8 Å². The summed E-state index contributed by atoms with van der Waals surface area (Å²) in [7, 11) is 7.82. The van der Waals surface area contributed by atoms with Gasteiger partial charge in [-0.3, -0.25) is 9.78 Å². The van der Waals surface area contributed by atoms with Crippen molar-refractivity contribution in [2.24, 2.45) is 28.2 Å². The molecule has 452 valence electrons. The number of aromatic nitrogens is 14. The normalized spacial score (nSPS) is 12.0. The first-order valence-corrected chi connectivity index (χ1v) is 30.1. The molecule has 0 radical (unpaired) electrons. The molecule has 0 aliphatic carbocycles. The summed E-state index contributed by atoms with van der Waals surface area (Å²) >= 11 is 0. The molecule has 0 spiro atoms. The average molecular weight is 1330 g/mol. The van der Waals surface area contributed by atoms with E-state index in [4.69, 9.17) is 0 Å². The Labute approximate surface area is 516 Å².